The van der Waals surface area contributed by atoms with Gasteiger partial charge in [-0.1, -0.05) is 97.1 Å². The van der Waals surface area contributed by atoms with Crippen molar-refractivity contribution < 1.29 is 9.84 Å². The van der Waals surface area contributed by atoms with Gasteiger partial charge in [0, 0.05) is 5.30 Å². The first-order valence-electron chi connectivity index (χ1n) is 9.60. The molecular weight excluding hydrogens is 375 g/mol. The van der Waals surface area contributed by atoms with Crippen LogP contribution < -0.4 is 20.7 Å². The van der Waals surface area contributed by atoms with E-state index in [0.29, 0.717) is 0 Å². The lowest BCUT2D eigenvalue weighted by Crippen LogP contribution is -2.23. The van der Waals surface area contributed by atoms with E-state index < -0.39 is 7.92 Å². The third-order valence-electron chi connectivity index (χ3n) is 4.96. The lowest BCUT2D eigenvalue weighted by Gasteiger charge is -2.24. The monoisotopic (exact) mass is 398 g/mol. The molecule has 0 aromatic heterocycles. The van der Waals surface area contributed by atoms with Crippen molar-refractivity contribution in [1.82, 2.24) is 0 Å². The van der Waals surface area contributed by atoms with Crippen LogP contribution in [0.3, 0.4) is 0 Å². The summed E-state index contributed by atoms with van der Waals surface area (Å²) >= 11 is 0. The fourth-order valence-electron chi connectivity index (χ4n) is 3.62. The Morgan fingerprint density at radius 2 is 1.24 bits per heavy atom. The van der Waals surface area contributed by atoms with Crippen molar-refractivity contribution in [3.8, 4) is 16.9 Å². The van der Waals surface area contributed by atoms with Crippen LogP contribution >= 0.6 is 7.92 Å². The Balaban J connectivity index is 1.98. The van der Waals surface area contributed by atoms with Crippen LogP contribution in [0.15, 0.2) is 103 Å². The average Bonchev–Trinajstić information content (AvgIpc) is 2.80. The van der Waals surface area contributed by atoms with Gasteiger partial charge in [0.25, 0.3) is 0 Å². The van der Waals surface area contributed by atoms with E-state index in [0.717, 1.165) is 22.4 Å². The minimum Gasteiger partial charge on any atom is -0.496 e. The first-order valence-corrected chi connectivity index (χ1v) is 10.9. The summed E-state index contributed by atoms with van der Waals surface area (Å²) in [5.41, 5.74) is 3.16. The standard InChI is InChI=1S/C26H23O2P/c1-28-24-16-8-10-18-26(24)29(21-12-3-2-4-13-21)25-17-9-7-15-23(25)22-14-6-5-11-20(22)19-27/h2-18,27H,19H2,1H3/t29-/m1/s1. The lowest BCUT2D eigenvalue weighted by atomic mass is 10.0. The quantitative estimate of drug-likeness (QED) is 0.481. The zero-order valence-corrected chi connectivity index (χ0v) is 17.2. The van der Waals surface area contributed by atoms with Crippen LogP contribution in [-0.4, -0.2) is 12.2 Å². The maximum atomic E-state index is 9.91. The summed E-state index contributed by atoms with van der Waals surface area (Å²) < 4.78 is 5.74. The van der Waals surface area contributed by atoms with Crippen LogP contribution in [0, 0.1) is 0 Å². The van der Waals surface area contributed by atoms with Crippen molar-refractivity contribution in [1.29, 1.82) is 0 Å². The second kappa shape index (κ2) is 9.05. The molecule has 4 aromatic carbocycles. The molecule has 3 heteroatoms. The van der Waals surface area contributed by atoms with Gasteiger partial charge >= 0.3 is 0 Å². The molecule has 1 N–H and O–H groups in total. The molecule has 0 heterocycles. The van der Waals surface area contributed by atoms with Gasteiger partial charge in [0.2, 0.25) is 0 Å². The molecule has 0 saturated carbocycles. The molecule has 4 aromatic rings. The molecule has 0 aliphatic heterocycles. The maximum Gasteiger partial charge on any atom is 0.127 e. The Morgan fingerprint density at radius 3 is 1.97 bits per heavy atom. The highest BCUT2D eigenvalue weighted by Gasteiger charge is 2.23. The summed E-state index contributed by atoms with van der Waals surface area (Å²) in [4.78, 5) is 0. The molecule has 4 rings (SSSR count). The summed E-state index contributed by atoms with van der Waals surface area (Å²) in [6, 6.07) is 35.4. The summed E-state index contributed by atoms with van der Waals surface area (Å²) in [6.07, 6.45) is 0. The van der Waals surface area contributed by atoms with Gasteiger partial charge in [0.05, 0.1) is 13.7 Å². The number of ether oxygens (including phenoxy) is 1. The van der Waals surface area contributed by atoms with Crippen LogP contribution in [0.5, 0.6) is 5.75 Å². The SMILES string of the molecule is COc1ccccc1[P@](c1ccccc1)c1ccccc1-c1ccccc1CO. The normalized spacial score (nSPS) is 11.8. The Labute approximate surface area is 173 Å². The highest BCUT2D eigenvalue weighted by atomic mass is 31.1. The van der Waals surface area contributed by atoms with Crippen LogP contribution in [0.1, 0.15) is 5.56 Å². The van der Waals surface area contributed by atoms with Gasteiger partial charge in [0.1, 0.15) is 5.75 Å². The Kier molecular flexibility index (Phi) is 6.05. The number of methoxy groups -OCH3 is 1. The van der Waals surface area contributed by atoms with E-state index in [2.05, 4.69) is 66.7 Å². The second-order valence-corrected chi connectivity index (χ2v) is 8.83. The summed E-state index contributed by atoms with van der Waals surface area (Å²) in [5.74, 6) is 0.896. The van der Waals surface area contributed by atoms with Crippen LogP contribution in [0.2, 0.25) is 0 Å². The number of para-hydroxylation sites is 1. The number of aliphatic hydroxyl groups excluding tert-OH is 1. The van der Waals surface area contributed by atoms with Crippen LogP contribution in [0.4, 0.5) is 0 Å². The molecule has 144 valence electrons. The molecule has 0 aliphatic carbocycles. The minimum atomic E-state index is -0.841. The molecule has 1 atom stereocenters. The third kappa shape index (κ3) is 3.96. The predicted molar refractivity (Wildman–Crippen MR) is 123 cm³/mol. The van der Waals surface area contributed by atoms with Crippen molar-refractivity contribution in [3.63, 3.8) is 0 Å². The fourth-order valence-corrected chi connectivity index (χ4v) is 6.20. The maximum absolute atomic E-state index is 9.91. The number of aliphatic hydroxyl groups is 1. The zero-order valence-electron chi connectivity index (χ0n) is 16.3. The molecule has 0 fully saturated rings. The highest BCUT2D eigenvalue weighted by molar-refractivity contribution is 7.80. The van der Waals surface area contributed by atoms with E-state index in [1.807, 2.05) is 36.4 Å². The van der Waals surface area contributed by atoms with Gasteiger partial charge in [-0.3, -0.25) is 0 Å². The third-order valence-corrected chi connectivity index (χ3v) is 7.50. The van der Waals surface area contributed by atoms with E-state index in [4.69, 9.17) is 4.74 Å². The Hall–Kier alpha value is -2.93. The summed E-state index contributed by atoms with van der Waals surface area (Å²) in [7, 11) is 0.885. The van der Waals surface area contributed by atoms with E-state index in [1.165, 1.54) is 15.9 Å². The highest BCUT2D eigenvalue weighted by Crippen LogP contribution is 2.40. The van der Waals surface area contributed by atoms with Gasteiger partial charge in [0.15, 0.2) is 0 Å². The molecule has 0 bridgehead atoms. The van der Waals surface area contributed by atoms with E-state index in [1.54, 1.807) is 7.11 Å². The van der Waals surface area contributed by atoms with E-state index >= 15 is 0 Å². The molecule has 0 amide bonds. The molecule has 0 aliphatic rings. The Morgan fingerprint density at radius 1 is 0.655 bits per heavy atom. The molecular formula is C26H23O2P. The van der Waals surface area contributed by atoms with Crippen molar-refractivity contribution >= 4 is 23.8 Å². The summed E-state index contributed by atoms with van der Waals surface area (Å²) in [5, 5.41) is 13.6. The van der Waals surface area contributed by atoms with Gasteiger partial charge in [-0.15, -0.1) is 0 Å². The second-order valence-electron chi connectivity index (χ2n) is 6.68. The lowest BCUT2D eigenvalue weighted by molar-refractivity contribution is 0.282. The fraction of sp³-hybridized carbons (Fsp3) is 0.0769. The topological polar surface area (TPSA) is 29.5 Å². The molecule has 0 saturated heterocycles. The Bertz CT molecular complexity index is 1090. The summed E-state index contributed by atoms with van der Waals surface area (Å²) in [6.45, 7) is 0.0163. The number of hydrogen-bond donors (Lipinski definition) is 1. The number of benzene rings is 4. The smallest absolute Gasteiger partial charge is 0.127 e. The molecule has 2 nitrogen and oxygen atoms in total. The molecule has 0 spiro atoms. The first-order chi connectivity index (χ1) is 14.3. The number of rotatable bonds is 6. The average molecular weight is 398 g/mol. The van der Waals surface area contributed by atoms with Crippen LogP contribution in [-0.2, 0) is 6.61 Å². The van der Waals surface area contributed by atoms with E-state index in [-0.39, 0.29) is 6.61 Å². The van der Waals surface area contributed by atoms with Gasteiger partial charge < -0.3 is 9.84 Å². The van der Waals surface area contributed by atoms with Crippen molar-refractivity contribution in [3.05, 3.63) is 109 Å². The number of hydrogen-bond acceptors (Lipinski definition) is 2. The van der Waals surface area contributed by atoms with Crippen LogP contribution in [0.25, 0.3) is 11.1 Å². The van der Waals surface area contributed by atoms with E-state index in [9.17, 15) is 5.11 Å². The van der Waals surface area contributed by atoms with Crippen molar-refractivity contribution in [2.75, 3.05) is 7.11 Å². The predicted octanol–water partition coefficient (Wildman–Crippen LogP) is 4.61. The molecule has 0 radical (unpaired) electrons. The van der Waals surface area contributed by atoms with Gasteiger partial charge in [-0.25, -0.2) is 0 Å². The van der Waals surface area contributed by atoms with Crippen molar-refractivity contribution in [2.45, 2.75) is 6.61 Å². The van der Waals surface area contributed by atoms with Gasteiger partial charge in [-0.05, 0) is 41.3 Å². The molecule has 0 unspecified atom stereocenters. The molecule has 29 heavy (non-hydrogen) atoms. The first kappa shape index (κ1) is 19.4. The van der Waals surface area contributed by atoms with Gasteiger partial charge in [-0.2, -0.15) is 0 Å². The van der Waals surface area contributed by atoms with Crippen molar-refractivity contribution in [2.24, 2.45) is 0 Å². The zero-order chi connectivity index (χ0) is 20.1. The largest absolute Gasteiger partial charge is 0.496 e. The minimum absolute atomic E-state index is 0.0163.